The SMILES string of the molecule is CC[C@@]12COC([C@H](C)O1)[C@H]2O.CC[C@@]12COC([C@H](C)O1)[C@H]2O. The summed E-state index contributed by atoms with van der Waals surface area (Å²) in [7, 11) is 0. The van der Waals surface area contributed by atoms with Crippen LogP contribution in [0, 0.1) is 0 Å². The molecule has 4 heterocycles. The van der Waals surface area contributed by atoms with Gasteiger partial charge in [0.25, 0.3) is 0 Å². The van der Waals surface area contributed by atoms with E-state index >= 15 is 0 Å². The second-order valence-corrected chi connectivity index (χ2v) is 6.92. The van der Waals surface area contributed by atoms with Crippen molar-refractivity contribution in [2.24, 2.45) is 0 Å². The van der Waals surface area contributed by atoms with E-state index < -0.39 is 12.2 Å². The van der Waals surface area contributed by atoms with E-state index in [2.05, 4.69) is 0 Å². The fraction of sp³-hybridized carbons (Fsp3) is 1.00. The average Bonchev–Trinajstić information content (AvgIpc) is 3.15. The number of aliphatic hydroxyl groups excluding tert-OH is 2. The highest BCUT2D eigenvalue weighted by molar-refractivity contribution is 5.06. The van der Waals surface area contributed by atoms with Crippen LogP contribution in [0.2, 0.25) is 0 Å². The lowest BCUT2D eigenvalue weighted by molar-refractivity contribution is -0.139. The molecule has 0 spiro atoms. The predicted molar refractivity (Wildman–Crippen MR) is 78.6 cm³/mol. The highest BCUT2D eigenvalue weighted by Gasteiger charge is 2.59. The first-order valence-corrected chi connectivity index (χ1v) is 8.34. The molecule has 4 fully saturated rings. The van der Waals surface area contributed by atoms with Crippen molar-refractivity contribution in [2.75, 3.05) is 13.2 Å². The van der Waals surface area contributed by atoms with E-state index in [0.717, 1.165) is 12.8 Å². The molecule has 0 aromatic heterocycles. The second-order valence-electron chi connectivity index (χ2n) is 6.92. The highest BCUT2D eigenvalue weighted by Crippen LogP contribution is 2.42. The maximum Gasteiger partial charge on any atom is 0.120 e. The number of hydrogen-bond donors (Lipinski definition) is 2. The van der Waals surface area contributed by atoms with Crippen LogP contribution < -0.4 is 0 Å². The number of ether oxygens (including phenoxy) is 4. The predicted octanol–water partition coefficient (Wildman–Crippen LogP) is 0.627. The summed E-state index contributed by atoms with van der Waals surface area (Å²) >= 11 is 0. The summed E-state index contributed by atoms with van der Waals surface area (Å²) < 4.78 is 22.1. The molecule has 6 nitrogen and oxygen atoms in total. The Kier molecular flexibility index (Phi) is 4.29. The van der Waals surface area contributed by atoms with E-state index in [-0.39, 0.29) is 35.6 Å². The fourth-order valence-electron chi connectivity index (χ4n) is 4.08. The first kappa shape index (κ1) is 16.6. The first-order valence-electron chi connectivity index (χ1n) is 8.34. The monoisotopic (exact) mass is 316 g/mol. The van der Waals surface area contributed by atoms with E-state index in [9.17, 15) is 10.2 Å². The molecule has 8 atom stereocenters. The Balaban J connectivity index is 0.000000131. The minimum Gasteiger partial charge on any atom is -0.387 e. The number of fused-ring (bicyclic) bond motifs is 4. The fourth-order valence-corrected chi connectivity index (χ4v) is 4.08. The van der Waals surface area contributed by atoms with Crippen molar-refractivity contribution in [3.8, 4) is 0 Å². The van der Waals surface area contributed by atoms with E-state index in [4.69, 9.17) is 18.9 Å². The van der Waals surface area contributed by atoms with Crippen LogP contribution in [-0.4, -0.2) is 71.3 Å². The van der Waals surface area contributed by atoms with Gasteiger partial charge in [-0.2, -0.15) is 0 Å². The Hall–Kier alpha value is -0.240. The molecule has 0 saturated carbocycles. The molecule has 128 valence electrons. The smallest absolute Gasteiger partial charge is 0.120 e. The summed E-state index contributed by atoms with van der Waals surface area (Å²) in [6.45, 7) is 9.05. The average molecular weight is 316 g/mol. The Labute approximate surface area is 131 Å². The maximum absolute atomic E-state index is 9.70. The minimum absolute atomic E-state index is 0.0544. The van der Waals surface area contributed by atoms with Crippen LogP contribution >= 0.6 is 0 Å². The Morgan fingerprint density at radius 3 is 1.32 bits per heavy atom. The minimum atomic E-state index is -0.414. The molecular formula is C16H28O6. The number of hydrogen-bond acceptors (Lipinski definition) is 6. The van der Waals surface area contributed by atoms with Crippen molar-refractivity contribution in [3.05, 3.63) is 0 Å². The third-order valence-electron chi connectivity index (χ3n) is 5.70. The number of rotatable bonds is 2. The lowest BCUT2D eigenvalue weighted by atomic mass is 9.96. The van der Waals surface area contributed by atoms with Gasteiger partial charge in [0, 0.05) is 0 Å². The summed E-state index contributed by atoms with van der Waals surface area (Å²) in [5, 5.41) is 19.4. The topological polar surface area (TPSA) is 77.4 Å². The van der Waals surface area contributed by atoms with Gasteiger partial charge in [-0.1, -0.05) is 13.8 Å². The van der Waals surface area contributed by atoms with Crippen LogP contribution in [0.1, 0.15) is 40.5 Å². The molecule has 4 aliphatic heterocycles. The molecule has 0 aliphatic carbocycles. The van der Waals surface area contributed by atoms with Gasteiger partial charge >= 0.3 is 0 Å². The summed E-state index contributed by atoms with van der Waals surface area (Å²) in [5.41, 5.74) is -0.770. The first-order chi connectivity index (χ1) is 10.4. The van der Waals surface area contributed by atoms with Crippen LogP contribution in [0.3, 0.4) is 0 Å². The summed E-state index contributed by atoms with van der Waals surface area (Å²) in [4.78, 5) is 0. The molecule has 4 rings (SSSR count). The lowest BCUT2D eigenvalue weighted by Gasteiger charge is -2.27. The maximum atomic E-state index is 9.70. The largest absolute Gasteiger partial charge is 0.387 e. The molecule has 6 heteroatoms. The van der Waals surface area contributed by atoms with E-state index in [1.807, 2.05) is 27.7 Å². The Bertz CT molecular complexity index is 379. The molecule has 4 saturated heterocycles. The summed E-state index contributed by atoms with van der Waals surface area (Å²) in [5.74, 6) is 0. The second kappa shape index (κ2) is 5.69. The molecule has 0 amide bonds. The Morgan fingerprint density at radius 2 is 1.18 bits per heavy atom. The molecule has 0 radical (unpaired) electrons. The van der Waals surface area contributed by atoms with Gasteiger partial charge in [-0.25, -0.2) is 0 Å². The highest BCUT2D eigenvalue weighted by atomic mass is 16.6. The summed E-state index contributed by atoms with van der Waals surface area (Å²) in [6, 6.07) is 0. The van der Waals surface area contributed by atoms with Gasteiger partial charge in [-0.15, -0.1) is 0 Å². The van der Waals surface area contributed by atoms with Crippen LogP contribution in [0.5, 0.6) is 0 Å². The van der Waals surface area contributed by atoms with Crippen molar-refractivity contribution < 1.29 is 29.2 Å². The van der Waals surface area contributed by atoms with Crippen LogP contribution in [0.15, 0.2) is 0 Å². The van der Waals surface area contributed by atoms with Crippen molar-refractivity contribution in [2.45, 2.75) is 88.4 Å². The number of aliphatic hydroxyl groups is 2. The van der Waals surface area contributed by atoms with E-state index in [1.165, 1.54) is 0 Å². The van der Waals surface area contributed by atoms with Crippen LogP contribution in [-0.2, 0) is 18.9 Å². The third-order valence-corrected chi connectivity index (χ3v) is 5.70. The van der Waals surface area contributed by atoms with Crippen molar-refractivity contribution in [1.82, 2.24) is 0 Å². The molecule has 0 aromatic rings. The van der Waals surface area contributed by atoms with Crippen molar-refractivity contribution >= 4 is 0 Å². The van der Waals surface area contributed by atoms with Gasteiger partial charge in [-0.05, 0) is 26.7 Å². The molecule has 0 aromatic carbocycles. The van der Waals surface area contributed by atoms with Gasteiger partial charge in [0.1, 0.15) is 35.6 Å². The zero-order chi connectivity index (χ0) is 16.1. The van der Waals surface area contributed by atoms with E-state index in [0.29, 0.717) is 13.2 Å². The van der Waals surface area contributed by atoms with E-state index in [1.54, 1.807) is 0 Å². The molecule has 22 heavy (non-hydrogen) atoms. The zero-order valence-corrected chi connectivity index (χ0v) is 13.8. The molecule has 2 unspecified atom stereocenters. The third kappa shape index (κ3) is 2.24. The lowest BCUT2D eigenvalue weighted by Crippen LogP contribution is -2.39. The quantitative estimate of drug-likeness (QED) is 0.778. The summed E-state index contributed by atoms with van der Waals surface area (Å²) in [6.07, 6.45) is 0.761. The molecule has 4 bridgehead atoms. The van der Waals surface area contributed by atoms with Gasteiger partial charge in [0.15, 0.2) is 0 Å². The van der Waals surface area contributed by atoms with Gasteiger partial charge in [-0.3, -0.25) is 0 Å². The van der Waals surface area contributed by atoms with Crippen molar-refractivity contribution in [3.63, 3.8) is 0 Å². The van der Waals surface area contributed by atoms with Gasteiger partial charge in [0.2, 0.25) is 0 Å². The van der Waals surface area contributed by atoms with Crippen molar-refractivity contribution in [1.29, 1.82) is 0 Å². The standard InChI is InChI=1S/2C8H14O3/c2*1-3-8-4-10-6(7(8)9)5(2)11-8/h2*5-7,9H,3-4H2,1-2H3/t2*5-,6?,7+,8-/m00/s1. The normalized spacial score (nSPS) is 55.4. The van der Waals surface area contributed by atoms with Crippen LogP contribution in [0.4, 0.5) is 0 Å². The molecular weight excluding hydrogens is 288 g/mol. The molecule has 4 aliphatic rings. The van der Waals surface area contributed by atoms with Crippen LogP contribution in [0.25, 0.3) is 0 Å². The Morgan fingerprint density at radius 1 is 0.818 bits per heavy atom. The molecule has 2 N–H and O–H groups in total. The zero-order valence-electron chi connectivity index (χ0n) is 13.8. The van der Waals surface area contributed by atoms with Gasteiger partial charge < -0.3 is 29.2 Å². The van der Waals surface area contributed by atoms with Gasteiger partial charge in [0.05, 0.1) is 25.4 Å².